The van der Waals surface area contributed by atoms with Gasteiger partial charge in [-0.2, -0.15) is 4.98 Å². The fourth-order valence-corrected chi connectivity index (χ4v) is 5.86. The second-order valence-electron chi connectivity index (χ2n) is 6.86. The third kappa shape index (κ3) is 3.33. The van der Waals surface area contributed by atoms with Gasteiger partial charge < -0.3 is 9.51 Å². The zero-order valence-corrected chi connectivity index (χ0v) is 15.2. The molecular formula is C15H22N6O3S. The predicted octanol–water partition coefficient (Wildman–Crippen LogP) is -0.107. The highest BCUT2D eigenvalue weighted by Crippen LogP contribution is 2.29. The number of rotatable bonds is 4. The Bertz CT molecular complexity index is 860. The summed E-state index contributed by atoms with van der Waals surface area (Å²) < 4.78 is 29.6. The second-order valence-corrected chi connectivity index (χ2v) is 9.01. The van der Waals surface area contributed by atoms with Crippen LogP contribution in [0.4, 0.5) is 0 Å². The molecule has 2 aromatic rings. The van der Waals surface area contributed by atoms with Crippen molar-refractivity contribution in [3.63, 3.8) is 0 Å². The summed E-state index contributed by atoms with van der Waals surface area (Å²) in [6.07, 6.45) is 1.68. The Kier molecular flexibility index (Phi) is 4.13. The van der Waals surface area contributed by atoms with Crippen LogP contribution in [-0.4, -0.2) is 75.0 Å². The van der Waals surface area contributed by atoms with Gasteiger partial charge in [0.15, 0.2) is 15.7 Å². The number of aromatic amines is 1. The fourth-order valence-electron chi connectivity index (χ4n) is 3.82. The van der Waals surface area contributed by atoms with Crippen LogP contribution in [0, 0.1) is 13.8 Å². The van der Waals surface area contributed by atoms with Gasteiger partial charge >= 0.3 is 0 Å². The number of nitrogens with one attached hydrogen (secondary N) is 1. The van der Waals surface area contributed by atoms with Gasteiger partial charge in [-0.1, -0.05) is 5.16 Å². The van der Waals surface area contributed by atoms with Gasteiger partial charge in [0.2, 0.25) is 5.89 Å². The zero-order valence-electron chi connectivity index (χ0n) is 14.3. The highest BCUT2D eigenvalue weighted by atomic mass is 32.2. The van der Waals surface area contributed by atoms with Gasteiger partial charge in [0.1, 0.15) is 0 Å². The van der Waals surface area contributed by atoms with E-state index in [9.17, 15) is 8.42 Å². The molecule has 10 heteroatoms. The van der Waals surface area contributed by atoms with Crippen molar-refractivity contribution in [2.75, 3.05) is 24.6 Å². The molecule has 0 aliphatic carbocycles. The zero-order chi connectivity index (χ0) is 17.6. The first kappa shape index (κ1) is 16.7. The molecule has 4 heterocycles. The van der Waals surface area contributed by atoms with Crippen molar-refractivity contribution in [3.8, 4) is 0 Å². The molecule has 9 nitrogen and oxygen atoms in total. The van der Waals surface area contributed by atoms with Crippen molar-refractivity contribution in [1.29, 1.82) is 0 Å². The molecule has 2 fully saturated rings. The van der Waals surface area contributed by atoms with Crippen LogP contribution in [0.3, 0.4) is 0 Å². The number of imidazole rings is 1. The number of nitrogens with zero attached hydrogens (tertiary/aromatic N) is 5. The maximum absolute atomic E-state index is 12.3. The number of aryl methyl sites for hydroxylation is 2. The lowest BCUT2D eigenvalue weighted by molar-refractivity contribution is 0.0328. The van der Waals surface area contributed by atoms with Crippen LogP contribution in [0.15, 0.2) is 10.9 Å². The normalized spacial score (nSPS) is 26.8. The summed E-state index contributed by atoms with van der Waals surface area (Å²) >= 11 is 0. The Balaban J connectivity index is 1.54. The molecule has 0 unspecified atom stereocenters. The number of aromatic nitrogens is 4. The Morgan fingerprint density at radius 3 is 2.44 bits per heavy atom. The van der Waals surface area contributed by atoms with Crippen LogP contribution in [0.25, 0.3) is 0 Å². The third-order valence-electron chi connectivity index (χ3n) is 5.11. The van der Waals surface area contributed by atoms with Crippen molar-refractivity contribution in [2.24, 2.45) is 0 Å². The summed E-state index contributed by atoms with van der Waals surface area (Å²) in [7, 11) is -3.05. The summed E-state index contributed by atoms with van der Waals surface area (Å²) in [6, 6.07) is -0.0698. The van der Waals surface area contributed by atoms with Gasteiger partial charge in [-0.3, -0.25) is 9.80 Å². The maximum Gasteiger partial charge on any atom is 0.223 e. The van der Waals surface area contributed by atoms with Crippen LogP contribution in [0.5, 0.6) is 0 Å². The van der Waals surface area contributed by atoms with Crippen molar-refractivity contribution in [2.45, 2.75) is 39.0 Å². The fraction of sp³-hybridized carbons (Fsp3) is 0.667. The van der Waals surface area contributed by atoms with Crippen molar-refractivity contribution < 1.29 is 12.9 Å². The van der Waals surface area contributed by atoms with Gasteiger partial charge in [0, 0.05) is 44.3 Å². The average molecular weight is 366 g/mol. The van der Waals surface area contributed by atoms with E-state index in [1.165, 1.54) is 0 Å². The SMILES string of the molecule is Cc1nc(CN2CCN(Cc3nc[nH]c3C)[C@@H]3CS(=O)(=O)C[C@@H]32)no1. The molecule has 0 bridgehead atoms. The van der Waals surface area contributed by atoms with Gasteiger partial charge in [-0.25, -0.2) is 13.4 Å². The first-order chi connectivity index (χ1) is 11.9. The molecule has 0 amide bonds. The van der Waals surface area contributed by atoms with Crippen molar-refractivity contribution in [3.05, 3.63) is 29.4 Å². The summed E-state index contributed by atoms with van der Waals surface area (Å²) in [4.78, 5) is 16.1. The number of piperazine rings is 1. The minimum Gasteiger partial charge on any atom is -0.348 e. The van der Waals surface area contributed by atoms with Crippen LogP contribution >= 0.6 is 0 Å². The highest BCUT2D eigenvalue weighted by molar-refractivity contribution is 7.91. The lowest BCUT2D eigenvalue weighted by Gasteiger charge is -2.43. The molecule has 0 spiro atoms. The molecule has 1 N–H and O–H groups in total. The minimum atomic E-state index is -3.05. The molecular weight excluding hydrogens is 344 g/mol. The van der Waals surface area contributed by atoms with E-state index in [2.05, 4.69) is 29.9 Å². The molecule has 2 atom stereocenters. The quantitative estimate of drug-likeness (QED) is 0.799. The van der Waals surface area contributed by atoms with Crippen molar-refractivity contribution >= 4 is 9.84 Å². The first-order valence-electron chi connectivity index (χ1n) is 8.38. The second kappa shape index (κ2) is 6.19. The summed E-state index contributed by atoms with van der Waals surface area (Å²) in [6.45, 7) is 6.49. The monoisotopic (exact) mass is 366 g/mol. The largest absolute Gasteiger partial charge is 0.348 e. The molecule has 0 saturated carbocycles. The lowest BCUT2D eigenvalue weighted by Crippen LogP contribution is -2.58. The third-order valence-corrected chi connectivity index (χ3v) is 6.81. The highest BCUT2D eigenvalue weighted by Gasteiger charge is 2.46. The van der Waals surface area contributed by atoms with Crippen LogP contribution in [-0.2, 0) is 22.9 Å². The Morgan fingerprint density at radius 2 is 1.88 bits per heavy atom. The maximum atomic E-state index is 12.3. The van der Waals surface area contributed by atoms with Crippen LogP contribution in [0.2, 0.25) is 0 Å². The minimum absolute atomic E-state index is 0.0251. The molecule has 2 aliphatic rings. The van der Waals surface area contributed by atoms with E-state index in [0.29, 0.717) is 24.8 Å². The molecule has 0 aromatic carbocycles. The van der Waals surface area contributed by atoms with Crippen LogP contribution < -0.4 is 0 Å². The lowest BCUT2D eigenvalue weighted by atomic mass is 10.0. The summed E-state index contributed by atoms with van der Waals surface area (Å²) in [5, 5.41) is 3.95. The van der Waals surface area contributed by atoms with Gasteiger partial charge in [0.25, 0.3) is 0 Å². The van der Waals surface area contributed by atoms with E-state index >= 15 is 0 Å². The smallest absolute Gasteiger partial charge is 0.223 e. The molecule has 136 valence electrons. The Labute approximate surface area is 146 Å². The molecule has 2 aromatic heterocycles. The molecule has 0 radical (unpaired) electrons. The van der Waals surface area contributed by atoms with E-state index in [1.54, 1.807) is 13.3 Å². The van der Waals surface area contributed by atoms with Gasteiger partial charge in [-0.15, -0.1) is 0 Å². The van der Waals surface area contributed by atoms with Crippen molar-refractivity contribution in [1.82, 2.24) is 29.9 Å². The predicted molar refractivity (Wildman–Crippen MR) is 89.4 cm³/mol. The van der Waals surface area contributed by atoms with E-state index in [1.807, 2.05) is 6.92 Å². The van der Waals surface area contributed by atoms with Crippen LogP contribution in [0.1, 0.15) is 23.1 Å². The van der Waals surface area contributed by atoms with Gasteiger partial charge in [-0.05, 0) is 6.92 Å². The summed E-state index contributed by atoms with van der Waals surface area (Å²) in [5.41, 5.74) is 2.01. The van der Waals surface area contributed by atoms with E-state index < -0.39 is 9.84 Å². The number of fused-ring (bicyclic) bond motifs is 1. The standard InChI is InChI=1S/C15H22N6O3S/c1-10-12(17-9-16-10)5-20-3-4-21(6-15-18-11(2)24-19-15)14-8-25(22,23)7-13(14)20/h9,13-14H,3-8H2,1-2H3,(H,16,17)/t13-,14+/m1/s1. The number of sulfone groups is 1. The van der Waals surface area contributed by atoms with Gasteiger partial charge in [0.05, 0.1) is 30.1 Å². The molecule has 25 heavy (non-hydrogen) atoms. The number of hydrogen-bond acceptors (Lipinski definition) is 8. The number of hydrogen-bond donors (Lipinski definition) is 1. The van der Waals surface area contributed by atoms with E-state index in [4.69, 9.17) is 4.52 Å². The number of H-pyrrole nitrogens is 1. The van der Waals surface area contributed by atoms with E-state index in [0.717, 1.165) is 24.5 Å². The average Bonchev–Trinajstić information content (AvgIpc) is 3.21. The molecule has 2 aliphatic heterocycles. The Morgan fingerprint density at radius 1 is 1.20 bits per heavy atom. The molecule has 4 rings (SSSR count). The Hall–Kier alpha value is -1.78. The molecule has 2 saturated heterocycles. The summed E-state index contributed by atoms with van der Waals surface area (Å²) in [5.74, 6) is 1.52. The first-order valence-corrected chi connectivity index (χ1v) is 10.2. The van der Waals surface area contributed by atoms with E-state index in [-0.39, 0.29) is 23.6 Å². The topological polar surface area (TPSA) is 108 Å².